The van der Waals surface area contributed by atoms with E-state index in [0.29, 0.717) is 17.9 Å². The SMILES string of the molecule is CCCCOc1ccc(C(=O)N/N=C/c2ccc(OCC(=O)O)cc2)cc1. The van der Waals surface area contributed by atoms with Gasteiger partial charge in [-0.1, -0.05) is 13.3 Å². The largest absolute Gasteiger partial charge is 0.494 e. The van der Waals surface area contributed by atoms with Gasteiger partial charge in [-0.2, -0.15) is 5.10 Å². The fourth-order valence-electron chi connectivity index (χ4n) is 2.06. The number of carboxylic acids is 1. The highest BCUT2D eigenvalue weighted by atomic mass is 16.5. The Balaban J connectivity index is 1.82. The van der Waals surface area contributed by atoms with Crippen LogP contribution in [-0.2, 0) is 4.79 Å². The van der Waals surface area contributed by atoms with Crippen LogP contribution in [-0.4, -0.2) is 36.4 Å². The summed E-state index contributed by atoms with van der Waals surface area (Å²) in [6, 6.07) is 13.5. The predicted octanol–water partition coefficient (Wildman–Crippen LogP) is 3.09. The first-order valence-electron chi connectivity index (χ1n) is 8.59. The van der Waals surface area contributed by atoms with Gasteiger partial charge < -0.3 is 14.6 Å². The van der Waals surface area contributed by atoms with E-state index in [9.17, 15) is 9.59 Å². The van der Waals surface area contributed by atoms with Crippen LogP contribution in [0.5, 0.6) is 11.5 Å². The number of nitrogens with one attached hydrogen (secondary N) is 1. The molecule has 0 aliphatic heterocycles. The van der Waals surface area contributed by atoms with E-state index in [1.54, 1.807) is 48.5 Å². The summed E-state index contributed by atoms with van der Waals surface area (Å²) in [5, 5.41) is 12.5. The topological polar surface area (TPSA) is 97.2 Å². The number of hydrogen-bond donors (Lipinski definition) is 2. The molecule has 0 unspecified atom stereocenters. The summed E-state index contributed by atoms with van der Waals surface area (Å²) in [5.74, 6) is -0.190. The molecule has 2 N–H and O–H groups in total. The average Bonchev–Trinajstić information content (AvgIpc) is 2.68. The lowest BCUT2D eigenvalue weighted by molar-refractivity contribution is -0.139. The zero-order valence-electron chi connectivity index (χ0n) is 15.1. The average molecular weight is 370 g/mol. The van der Waals surface area contributed by atoms with Crippen LogP contribution in [0.15, 0.2) is 53.6 Å². The standard InChI is InChI=1S/C20H22N2O5/c1-2-3-12-26-17-10-6-16(7-11-17)20(25)22-21-13-15-4-8-18(9-5-15)27-14-19(23)24/h4-11,13H,2-3,12,14H2,1H3,(H,22,25)(H,23,24)/b21-13+. The van der Waals surface area contributed by atoms with E-state index in [1.807, 2.05) is 0 Å². The third-order valence-corrected chi connectivity index (χ3v) is 3.51. The summed E-state index contributed by atoms with van der Waals surface area (Å²) in [6.07, 6.45) is 3.54. The molecule has 2 rings (SSSR count). The number of hydrogen-bond acceptors (Lipinski definition) is 5. The first kappa shape index (κ1) is 20.0. The summed E-state index contributed by atoms with van der Waals surface area (Å²) in [4.78, 5) is 22.5. The Hall–Kier alpha value is -3.35. The van der Waals surface area contributed by atoms with Crippen LogP contribution in [0.2, 0.25) is 0 Å². The number of hydrazone groups is 1. The number of rotatable bonds is 10. The number of ether oxygens (including phenoxy) is 2. The van der Waals surface area contributed by atoms with Crippen molar-refractivity contribution in [3.8, 4) is 11.5 Å². The van der Waals surface area contributed by atoms with Crippen LogP contribution < -0.4 is 14.9 Å². The van der Waals surface area contributed by atoms with Gasteiger partial charge in [-0.15, -0.1) is 0 Å². The summed E-state index contributed by atoms with van der Waals surface area (Å²) < 4.78 is 10.6. The fraction of sp³-hybridized carbons (Fsp3) is 0.250. The number of carbonyl (C=O) groups excluding carboxylic acids is 1. The summed E-state index contributed by atoms with van der Waals surface area (Å²) in [6.45, 7) is 2.36. The van der Waals surface area contributed by atoms with Crippen molar-refractivity contribution >= 4 is 18.1 Å². The van der Waals surface area contributed by atoms with Crippen LogP contribution in [0.3, 0.4) is 0 Å². The molecule has 142 valence electrons. The molecule has 0 aliphatic carbocycles. The predicted molar refractivity (Wildman–Crippen MR) is 101 cm³/mol. The van der Waals surface area contributed by atoms with Crippen molar-refractivity contribution < 1.29 is 24.2 Å². The minimum atomic E-state index is -1.04. The third-order valence-electron chi connectivity index (χ3n) is 3.51. The molecular formula is C20H22N2O5. The molecule has 1 amide bonds. The van der Waals surface area contributed by atoms with Gasteiger partial charge in [0.1, 0.15) is 11.5 Å². The Morgan fingerprint density at radius 2 is 1.67 bits per heavy atom. The number of carboxylic acid groups (broad SMARTS) is 1. The van der Waals surface area contributed by atoms with E-state index < -0.39 is 12.6 Å². The van der Waals surface area contributed by atoms with Crippen molar-refractivity contribution in [2.75, 3.05) is 13.2 Å². The number of aliphatic carboxylic acids is 1. The van der Waals surface area contributed by atoms with Crippen molar-refractivity contribution in [2.45, 2.75) is 19.8 Å². The van der Waals surface area contributed by atoms with E-state index in [4.69, 9.17) is 14.6 Å². The maximum absolute atomic E-state index is 12.1. The molecule has 0 fully saturated rings. The molecule has 27 heavy (non-hydrogen) atoms. The van der Waals surface area contributed by atoms with Gasteiger partial charge in [0, 0.05) is 5.56 Å². The maximum atomic E-state index is 12.1. The van der Waals surface area contributed by atoms with Crippen LogP contribution in [0.25, 0.3) is 0 Å². The Labute approximate surface area is 157 Å². The highest BCUT2D eigenvalue weighted by Crippen LogP contribution is 2.13. The molecule has 0 aliphatic rings. The van der Waals surface area contributed by atoms with E-state index in [1.165, 1.54) is 6.21 Å². The highest BCUT2D eigenvalue weighted by Gasteiger charge is 2.04. The molecule has 2 aromatic rings. The maximum Gasteiger partial charge on any atom is 0.341 e. The molecule has 0 saturated heterocycles. The van der Waals surface area contributed by atoms with Gasteiger partial charge in [0.2, 0.25) is 0 Å². The van der Waals surface area contributed by atoms with Crippen LogP contribution in [0, 0.1) is 0 Å². The molecule has 0 heterocycles. The summed E-state index contributed by atoms with van der Waals surface area (Å²) in [5.41, 5.74) is 3.67. The third kappa shape index (κ3) is 7.19. The first-order chi connectivity index (χ1) is 13.1. The number of benzene rings is 2. The zero-order valence-corrected chi connectivity index (χ0v) is 15.1. The Bertz CT molecular complexity index is 770. The van der Waals surface area contributed by atoms with Gasteiger partial charge in [0.05, 0.1) is 12.8 Å². The first-order valence-corrected chi connectivity index (χ1v) is 8.59. The molecule has 7 heteroatoms. The van der Waals surface area contributed by atoms with Crippen molar-refractivity contribution in [1.82, 2.24) is 5.43 Å². The lowest BCUT2D eigenvalue weighted by atomic mass is 10.2. The van der Waals surface area contributed by atoms with Gasteiger partial charge in [-0.25, -0.2) is 10.2 Å². The van der Waals surface area contributed by atoms with Crippen molar-refractivity contribution in [3.63, 3.8) is 0 Å². The smallest absolute Gasteiger partial charge is 0.341 e. The summed E-state index contributed by atoms with van der Waals surface area (Å²) in [7, 11) is 0. The minimum Gasteiger partial charge on any atom is -0.494 e. The number of nitrogens with zero attached hydrogens (tertiary/aromatic N) is 1. The van der Waals surface area contributed by atoms with Gasteiger partial charge >= 0.3 is 5.97 Å². The van der Waals surface area contributed by atoms with Crippen molar-refractivity contribution in [2.24, 2.45) is 5.10 Å². The number of carbonyl (C=O) groups is 2. The van der Waals surface area contributed by atoms with E-state index in [2.05, 4.69) is 17.5 Å². The number of amides is 1. The van der Waals surface area contributed by atoms with Gasteiger partial charge in [0.15, 0.2) is 6.61 Å². The van der Waals surface area contributed by atoms with Crippen molar-refractivity contribution in [3.05, 3.63) is 59.7 Å². The second-order valence-corrected chi connectivity index (χ2v) is 5.68. The molecule has 0 aromatic heterocycles. The lowest BCUT2D eigenvalue weighted by Crippen LogP contribution is -2.17. The normalized spacial score (nSPS) is 10.6. The van der Waals surface area contributed by atoms with E-state index in [-0.39, 0.29) is 5.91 Å². The summed E-state index contributed by atoms with van der Waals surface area (Å²) >= 11 is 0. The minimum absolute atomic E-state index is 0.326. The van der Waals surface area contributed by atoms with Crippen LogP contribution in [0.4, 0.5) is 0 Å². The second-order valence-electron chi connectivity index (χ2n) is 5.68. The van der Waals surface area contributed by atoms with Crippen molar-refractivity contribution in [1.29, 1.82) is 0 Å². The van der Waals surface area contributed by atoms with Crippen LogP contribution >= 0.6 is 0 Å². The Morgan fingerprint density at radius 3 is 2.30 bits per heavy atom. The molecule has 0 saturated carbocycles. The Kier molecular flexibility index (Phi) is 7.84. The monoisotopic (exact) mass is 370 g/mol. The lowest BCUT2D eigenvalue weighted by Gasteiger charge is -2.06. The van der Waals surface area contributed by atoms with Gasteiger partial charge in [-0.05, 0) is 60.5 Å². The van der Waals surface area contributed by atoms with Gasteiger partial charge in [-0.3, -0.25) is 4.79 Å². The molecule has 2 aromatic carbocycles. The van der Waals surface area contributed by atoms with E-state index >= 15 is 0 Å². The second kappa shape index (κ2) is 10.6. The molecule has 0 bridgehead atoms. The Morgan fingerprint density at radius 1 is 1.04 bits per heavy atom. The molecule has 7 nitrogen and oxygen atoms in total. The van der Waals surface area contributed by atoms with E-state index in [0.717, 1.165) is 24.2 Å². The molecular weight excluding hydrogens is 348 g/mol. The fourth-order valence-corrected chi connectivity index (χ4v) is 2.06. The molecule has 0 spiro atoms. The van der Waals surface area contributed by atoms with Crippen LogP contribution in [0.1, 0.15) is 35.7 Å². The molecule has 0 radical (unpaired) electrons. The highest BCUT2D eigenvalue weighted by molar-refractivity contribution is 5.95. The van der Waals surface area contributed by atoms with Gasteiger partial charge in [0.25, 0.3) is 5.91 Å². The number of unbranched alkanes of at least 4 members (excludes halogenated alkanes) is 1. The quantitative estimate of drug-likeness (QED) is 0.380. The molecule has 0 atom stereocenters. The zero-order chi connectivity index (χ0) is 19.5.